The lowest BCUT2D eigenvalue weighted by molar-refractivity contribution is 0.420. The van der Waals surface area contributed by atoms with Crippen LogP contribution in [0.2, 0.25) is 0 Å². The van der Waals surface area contributed by atoms with Gasteiger partial charge in [0.15, 0.2) is 11.4 Å². The Morgan fingerprint density at radius 1 is 1.64 bits per heavy atom. The maximum atomic E-state index is 9.48. The smallest absolute Gasteiger partial charge is 0.237 e. The Kier molecular flexibility index (Phi) is 2.72. The van der Waals surface area contributed by atoms with Crippen molar-refractivity contribution in [3.8, 4) is 11.9 Å². The van der Waals surface area contributed by atoms with Crippen molar-refractivity contribution >= 4 is 12.0 Å². The molecule has 0 aliphatic carbocycles. The number of aliphatic imine (C=N–C) groups is 1. The zero-order valence-corrected chi connectivity index (χ0v) is 8.26. The van der Waals surface area contributed by atoms with Gasteiger partial charge in [0.05, 0.1) is 6.34 Å². The highest BCUT2D eigenvalue weighted by Crippen LogP contribution is 2.28. The second-order valence-electron chi connectivity index (χ2n) is 2.96. The lowest BCUT2D eigenvalue weighted by Crippen LogP contribution is -2.06. The average Bonchev–Trinajstić information content (AvgIpc) is 2.40. The Hall–Kier alpha value is -2.03. The minimum atomic E-state index is -0.111. The van der Waals surface area contributed by atoms with Gasteiger partial charge in [0.1, 0.15) is 6.07 Å². The van der Waals surface area contributed by atoms with Gasteiger partial charge in [-0.1, -0.05) is 0 Å². The minimum absolute atomic E-state index is 0.111. The largest absolute Gasteiger partial charge is 0.492 e. The van der Waals surface area contributed by atoms with Crippen molar-refractivity contribution < 1.29 is 5.11 Å². The number of aryl methyl sites for hydroxylation is 1. The van der Waals surface area contributed by atoms with Crippen LogP contribution in [0.5, 0.6) is 5.88 Å². The van der Waals surface area contributed by atoms with Crippen LogP contribution in [0.4, 0.5) is 5.69 Å². The summed E-state index contributed by atoms with van der Waals surface area (Å²) >= 11 is 0. The fourth-order valence-electron chi connectivity index (χ4n) is 0.871. The number of hydrogen-bond acceptors (Lipinski definition) is 4. The molecule has 0 amide bonds. The van der Waals surface area contributed by atoms with Gasteiger partial charge in [0.2, 0.25) is 5.88 Å². The molecule has 1 aromatic rings. The molecule has 0 spiro atoms. The van der Waals surface area contributed by atoms with Crippen LogP contribution < -0.4 is 0 Å². The Morgan fingerprint density at radius 2 is 2.29 bits per heavy atom. The highest BCUT2D eigenvalue weighted by Gasteiger charge is 2.13. The quantitative estimate of drug-likeness (QED) is 0.538. The predicted octanol–water partition coefficient (Wildman–Crippen LogP) is 0.219. The zero-order chi connectivity index (χ0) is 10.7. The molecule has 0 saturated heterocycles. The first-order chi connectivity index (χ1) is 6.56. The highest BCUT2D eigenvalue weighted by molar-refractivity contribution is 5.67. The molecule has 0 fully saturated rings. The third kappa shape index (κ3) is 1.82. The van der Waals surface area contributed by atoms with E-state index in [2.05, 4.69) is 10.1 Å². The number of rotatable bonds is 2. The molecule has 6 nitrogen and oxygen atoms in total. The van der Waals surface area contributed by atoms with Gasteiger partial charge in [-0.05, 0) is 0 Å². The number of nitriles is 1. The lowest BCUT2D eigenvalue weighted by atomic mass is 10.4. The van der Waals surface area contributed by atoms with Gasteiger partial charge in [0.25, 0.3) is 0 Å². The average molecular weight is 193 g/mol. The molecule has 0 radical (unpaired) electrons. The van der Waals surface area contributed by atoms with Gasteiger partial charge < -0.3 is 10.0 Å². The van der Waals surface area contributed by atoms with Crippen molar-refractivity contribution in [2.24, 2.45) is 12.0 Å². The third-order valence-corrected chi connectivity index (χ3v) is 1.52. The fraction of sp³-hybridized carbons (Fsp3) is 0.375. The number of aromatic hydroxyl groups is 1. The maximum absolute atomic E-state index is 9.48. The molecule has 1 aromatic heterocycles. The SMILES string of the molecule is CN(C)C=Nc1c(C#N)nn(C)c1O. The molecule has 74 valence electrons. The molecule has 0 atom stereocenters. The number of aromatic nitrogens is 2. The van der Waals surface area contributed by atoms with Crippen LogP contribution in [0.1, 0.15) is 5.69 Å². The van der Waals surface area contributed by atoms with E-state index < -0.39 is 0 Å². The van der Waals surface area contributed by atoms with Crippen molar-refractivity contribution in [1.82, 2.24) is 14.7 Å². The molecule has 0 bridgehead atoms. The maximum Gasteiger partial charge on any atom is 0.237 e. The summed E-state index contributed by atoms with van der Waals surface area (Å²) in [5, 5.41) is 22.0. The molecular formula is C8H11N5O. The first-order valence-electron chi connectivity index (χ1n) is 3.93. The molecule has 0 aliphatic rings. The van der Waals surface area contributed by atoms with Crippen LogP contribution in [0.25, 0.3) is 0 Å². The molecule has 0 aromatic carbocycles. The van der Waals surface area contributed by atoms with Gasteiger partial charge in [0, 0.05) is 21.1 Å². The van der Waals surface area contributed by atoms with Gasteiger partial charge >= 0.3 is 0 Å². The molecule has 6 heteroatoms. The molecule has 0 saturated carbocycles. The predicted molar refractivity (Wildman–Crippen MR) is 51.4 cm³/mol. The van der Waals surface area contributed by atoms with Crippen molar-refractivity contribution in [2.75, 3.05) is 14.1 Å². The Bertz CT molecular complexity index is 399. The summed E-state index contributed by atoms with van der Waals surface area (Å²) in [5.74, 6) is -0.111. The van der Waals surface area contributed by atoms with Gasteiger partial charge in [-0.2, -0.15) is 10.4 Å². The summed E-state index contributed by atoms with van der Waals surface area (Å²) in [4.78, 5) is 5.64. The van der Waals surface area contributed by atoms with Crippen LogP contribution >= 0.6 is 0 Å². The third-order valence-electron chi connectivity index (χ3n) is 1.52. The van der Waals surface area contributed by atoms with Crippen molar-refractivity contribution in [3.05, 3.63) is 5.69 Å². The summed E-state index contributed by atoms with van der Waals surface area (Å²) in [5.41, 5.74) is 0.312. The fourth-order valence-corrected chi connectivity index (χ4v) is 0.871. The molecule has 0 unspecified atom stereocenters. The first kappa shape index (κ1) is 10.1. The molecule has 1 rings (SSSR count). The normalized spacial score (nSPS) is 10.4. The Morgan fingerprint density at radius 3 is 2.79 bits per heavy atom. The summed E-state index contributed by atoms with van der Waals surface area (Å²) in [7, 11) is 5.14. The van der Waals surface area contributed by atoms with E-state index in [9.17, 15) is 5.11 Å². The Labute approximate surface area is 81.7 Å². The highest BCUT2D eigenvalue weighted by atomic mass is 16.3. The van der Waals surface area contributed by atoms with E-state index in [1.807, 2.05) is 6.07 Å². The lowest BCUT2D eigenvalue weighted by Gasteiger charge is -2.01. The second kappa shape index (κ2) is 3.79. The molecular weight excluding hydrogens is 182 g/mol. The standard InChI is InChI=1S/C8H11N5O/c1-12(2)5-10-7-6(4-9)11-13(3)8(7)14/h5,14H,1-3H3. The van der Waals surface area contributed by atoms with Gasteiger partial charge in [-0.25, -0.2) is 9.67 Å². The van der Waals surface area contributed by atoms with Crippen LogP contribution in [0.15, 0.2) is 4.99 Å². The van der Waals surface area contributed by atoms with Crippen LogP contribution in [0.3, 0.4) is 0 Å². The van der Waals surface area contributed by atoms with E-state index in [1.54, 1.807) is 26.0 Å². The van der Waals surface area contributed by atoms with Crippen molar-refractivity contribution in [1.29, 1.82) is 5.26 Å². The number of nitrogens with zero attached hydrogens (tertiary/aromatic N) is 5. The van der Waals surface area contributed by atoms with Crippen molar-refractivity contribution in [2.45, 2.75) is 0 Å². The summed E-state index contributed by atoms with van der Waals surface area (Å²) in [6.45, 7) is 0. The summed E-state index contributed by atoms with van der Waals surface area (Å²) < 4.78 is 1.21. The van der Waals surface area contributed by atoms with Crippen LogP contribution in [0, 0.1) is 11.3 Å². The molecule has 1 N–H and O–H groups in total. The molecule has 14 heavy (non-hydrogen) atoms. The van der Waals surface area contributed by atoms with E-state index in [4.69, 9.17) is 5.26 Å². The van der Waals surface area contributed by atoms with E-state index in [0.29, 0.717) is 0 Å². The molecule has 1 heterocycles. The van der Waals surface area contributed by atoms with Crippen LogP contribution in [-0.2, 0) is 7.05 Å². The van der Waals surface area contributed by atoms with Crippen molar-refractivity contribution in [3.63, 3.8) is 0 Å². The second-order valence-corrected chi connectivity index (χ2v) is 2.96. The zero-order valence-electron chi connectivity index (χ0n) is 8.26. The summed E-state index contributed by atoms with van der Waals surface area (Å²) in [6, 6.07) is 1.86. The van der Waals surface area contributed by atoms with E-state index in [1.165, 1.54) is 11.0 Å². The minimum Gasteiger partial charge on any atom is -0.492 e. The van der Waals surface area contributed by atoms with Gasteiger partial charge in [-0.3, -0.25) is 0 Å². The topological polar surface area (TPSA) is 77.4 Å². The summed E-state index contributed by atoms with van der Waals surface area (Å²) in [6.07, 6.45) is 1.50. The number of hydrogen-bond donors (Lipinski definition) is 1. The van der Waals surface area contributed by atoms with E-state index >= 15 is 0 Å². The van der Waals surface area contributed by atoms with E-state index in [-0.39, 0.29) is 17.3 Å². The van der Waals surface area contributed by atoms with E-state index in [0.717, 1.165) is 0 Å². The first-order valence-corrected chi connectivity index (χ1v) is 3.93. The Balaban J connectivity index is 3.13. The molecule has 0 aliphatic heterocycles. The van der Waals surface area contributed by atoms with Crippen LogP contribution in [-0.4, -0.2) is 40.2 Å². The monoisotopic (exact) mass is 193 g/mol. The van der Waals surface area contributed by atoms with Gasteiger partial charge in [-0.15, -0.1) is 0 Å².